The summed E-state index contributed by atoms with van der Waals surface area (Å²) in [6.07, 6.45) is 7.73. The van der Waals surface area contributed by atoms with Gasteiger partial charge in [0.15, 0.2) is 10.3 Å². The summed E-state index contributed by atoms with van der Waals surface area (Å²) in [6.45, 7) is 2.12. The van der Waals surface area contributed by atoms with Gasteiger partial charge in [-0.05, 0) is 31.1 Å². The first-order valence-electron chi connectivity index (χ1n) is 8.05. The van der Waals surface area contributed by atoms with Gasteiger partial charge in [-0.2, -0.15) is 0 Å². The van der Waals surface area contributed by atoms with Crippen molar-refractivity contribution in [1.82, 2.24) is 10.2 Å². The Kier molecular flexibility index (Phi) is 4.16. The third kappa shape index (κ3) is 2.97. The van der Waals surface area contributed by atoms with Gasteiger partial charge >= 0.3 is 0 Å². The van der Waals surface area contributed by atoms with Crippen LogP contribution in [0.25, 0.3) is 0 Å². The van der Waals surface area contributed by atoms with E-state index in [1.54, 1.807) is 11.8 Å². The fourth-order valence-electron chi connectivity index (χ4n) is 3.40. The second kappa shape index (κ2) is 6.24. The molecule has 0 radical (unpaired) electrons. The van der Waals surface area contributed by atoms with E-state index in [0.29, 0.717) is 12.1 Å². The van der Waals surface area contributed by atoms with Crippen LogP contribution in [0.1, 0.15) is 38.5 Å². The highest BCUT2D eigenvalue weighted by atomic mass is 32.2. The molecule has 0 aromatic heterocycles. The molecule has 3 heterocycles. The molecule has 1 aliphatic carbocycles. The Balaban J connectivity index is 1.35. The molecule has 4 rings (SSSR count). The van der Waals surface area contributed by atoms with Crippen LogP contribution in [0.3, 0.4) is 0 Å². The van der Waals surface area contributed by atoms with Crippen LogP contribution in [-0.2, 0) is 0 Å². The summed E-state index contributed by atoms with van der Waals surface area (Å²) in [6, 6.07) is 1.16. The summed E-state index contributed by atoms with van der Waals surface area (Å²) in [4.78, 5) is 12.0. The lowest BCUT2D eigenvalue weighted by atomic mass is 9.92. The molecule has 6 heteroatoms. The molecule has 21 heavy (non-hydrogen) atoms. The smallest absolute Gasteiger partial charge is 0.167 e. The molecule has 0 spiro atoms. The summed E-state index contributed by atoms with van der Waals surface area (Å²) in [5, 5.41) is 8.28. The minimum Gasteiger partial charge on any atom is -0.360 e. The van der Waals surface area contributed by atoms with Crippen LogP contribution in [0, 0.1) is 0 Å². The van der Waals surface area contributed by atoms with Crippen molar-refractivity contribution in [3.63, 3.8) is 0 Å². The van der Waals surface area contributed by atoms with Gasteiger partial charge in [0, 0.05) is 24.5 Å². The van der Waals surface area contributed by atoms with Gasteiger partial charge < -0.3 is 10.2 Å². The van der Waals surface area contributed by atoms with Crippen LogP contribution in [0.15, 0.2) is 21.1 Å². The largest absolute Gasteiger partial charge is 0.360 e. The molecule has 1 N–H and O–H groups in total. The van der Waals surface area contributed by atoms with Crippen LogP contribution in [0.2, 0.25) is 0 Å². The van der Waals surface area contributed by atoms with E-state index >= 15 is 0 Å². The Morgan fingerprint density at radius 1 is 1.29 bits per heavy atom. The highest BCUT2D eigenvalue weighted by Crippen LogP contribution is 2.32. The first-order valence-corrected chi connectivity index (χ1v) is 9.91. The predicted octanol–water partition coefficient (Wildman–Crippen LogP) is 3.03. The lowest BCUT2D eigenvalue weighted by Crippen LogP contribution is -2.36. The Hall–Kier alpha value is -0.620. The number of amidine groups is 2. The zero-order chi connectivity index (χ0) is 14.1. The van der Waals surface area contributed by atoms with Gasteiger partial charge in [-0.25, -0.2) is 0 Å². The predicted molar refractivity (Wildman–Crippen MR) is 93.0 cm³/mol. The van der Waals surface area contributed by atoms with E-state index in [2.05, 4.69) is 20.6 Å². The molecule has 2 atom stereocenters. The topological polar surface area (TPSA) is 40.0 Å². The first kappa shape index (κ1) is 14.0. The van der Waals surface area contributed by atoms with Crippen molar-refractivity contribution < 1.29 is 0 Å². The van der Waals surface area contributed by atoms with Crippen molar-refractivity contribution in [1.29, 1.82) is 0 Å². The number of fused-ring (bicyclic) bond motifs is 2. The van der Waals surface area contributed by atoms with Crippen molar-refractivity contribution in [2.45, 2.75) is 50.6 Å². The monoisotopic (exact) mass is 322 g/mol. The van der Waals surface area contributed by atoms with E-state index < -0.39 is 0 Å². The van der Waals surface area contributed by atoms with Gasteiger partial charge in [-0.3, -0.25) is 9.98 Å². The molecule has 1 fully saturated rings. The van der Waals surface area contributed by atoms with E-state index in [1.807, 2.05) is 11.8 Å². The SMILES string of the molecule is C1=C(CSC2=NC3CCCCC3N2)N2CCCCN=C2S1. The molecule has 0 aromatic rings. The lowest BCUT2D eigenvalue weighted by Gasteiger charge is -2.23. The highest BCUT2D eigenvalue weighted by molar-refractivity contribution is 8.17. The van der Waals surface area contributed by atoms with Crippen molar-refractivity contribution >= 4 is 33.9 Å². The van der Waals surface area contributed by atoms with Gasteiger partial charge in [0.1, 0.15) is 0 Å². The third-order valence-electron chi connectivity index (χ3n) is 4.59. The van der Waals surface area contributed by atoms with Crippen LogP contribution in [0.5, 0.6) is 0 Å². The van der Waals surface area contributed by atoms with Crippen molar-refractivity contribution in [3.05, 3.63) is 11.1 Å². The average molecular weight is 323 g/mol. The summed E-state index contributed by atoms with van der Waals surface area (Å²) < 4.78 is 0. The zero-order valence-electron chi connectivity index (χ0n) is 12.3. The Bertz CT molecular complexity index is 500. The molecule has 3 aliphatic heterocycles. The number of rotatable bonds is 2. The Morgan fingerprint density at radius 2 is 2.24 bits per heavy atom. The number of hydrogen-bond donors (Lipinski definition) is 1. The van der Waals surface area contributed by atoms with Crippen LogP contribution < -0.4 is 5.32 Å². The minimum atomic E-state index is 0.545. The molecule has 0 saturated heterocycles. The zero-order valence-corrected chi connectivity index (χ0v) is 13.9. The molecule has 4 nitrogen and oxygen atoms in total. The van der Waals surface area contributed by atoms with Gasteiger partial charge in [0.2, 0.25) is 0 Å². The third-order valence-corrected chi connectivity index (χ3v) is 6.48. The molecular formula is C15H22N4S2. The molecule has 2 unspecified atom stereocenters. The van der Waals surface area contributed by atoms with Crippen LogP contribution in [0.4, 0.5) is 0 Å². The van der Waals surface area contributed by atoms with E-state index in [0.717, 1.165) is 24.0 Å². The summed E-state index contributed by atoms with van der Waals surface area (Å²) in [5.74, 6) is 1.01. The normalized spacial score (nSPS) is 31.6. The van der Waals surface area contributed by atoms with E-state index in [9.17, 15) is 0 Å². The molecular weight excluding hydrogens is 300 g/mol. The number of hydrogen-bond acceptors (Lipinski definition) is 6. The summed E-state index contributed by atoms with van der Waals surface area (Å²) in [5.41, 5.74) is 1.41. The lowest BCUT2D eigenvalue weighted by molar-refractivity contribution is 0.385. The van der Waals surface area contributed by atoms with Gasteiger partial charge in [0.05, 0.1) is 12.1 Å². The van der Waals surface area contributed by atoms with Gasteiger partial charge in [0.25, 0.3) is 0 Å². The fraction of sp³-hybridized carbons (Fsp3) is 0.733. The first-order chi connectivity index (χ1) is 10.4. The quantitative estimate of drug-likeness (QED) is 0.848. The second-order valence-corrected chi connectivity index (χ2v) is 7.88. The molecule has 0 bridgehead atoms. The van der Waals surface area contributed by atoms with Gasteiger partial charge in [-0.1, -0.05) is 36.4 Å². The standard InChI is InChI=1S/C15H22N4S2/c1-2-6-13-12(5-1)17-14(18-13)20-9-11-10-21-15-16-7-3-4-8-19(11)15/h10,12-13H,1-9H2,(H,17,18). The average Bonchev–Trinajstić information content (AvgIpc) is 3.01. The molecule has 114 valence electrons. The summed E-state index contributed by atoms with van der Waals surface area (Å²) in [7, 11) is 0. The number of aliphatic imine (C=N–C) groups is 2. The molecule has 1 saturated carbocycles. The van der Waals surface area contributed by atoms with Crippen molar-refractivity contribution in [2.75, 3.05) is 18.8 Å². The van der Waals surface area contributed by atoms with Crippen LogP contribution >= 0.6 is 23.5 Å². The number of thioether (sulfide) groups is 2. The van der Waals surface area contributed by atoms with Crippen molar-refractivity contribution in [2.24, 2.45) is 9.98 Å². The van der Waals surface area contributed by atoms with Gasteiger partial charge in [-0.15, -0.1) is 0 Å². The fourth-order valence-corrected chi connectivity index (χ4v) is 5.43. The van der Waals surface area contributed by atoms with E-state index in [1.165, 1.54) is 49.4 Å². The van der Waals surface area contributed by atoms with E-state index in [4.69, 9.17) is 4.99 Å². The Morgan fingerprint density at radius 3 is 3.19 bits per heavy atom. The van der Waals surface area contributed by atoms with E-state index in [-0.39, 0.29) is 0 Å². The molecule has 4 aliphatic rings. The molecule has 0 aromatic carbocycles. The van der Waals surface area contributed by atoms with Crippen molar-refractivity contribution in [3.8, 4) is 0 Å². The maximum atomic E-state index is 4.88. The minimum absolute atomic E-state index is 0.545. The highest BCUT2D eigenvalue weighted by Gasteiger charge is 2.31. The second-order valence-electron chi connectivity index (χ2n) is 6.08. The molecule has 0 amide bonds. The maximum Gasteiger partial charge on any atom is 0.167 e. The number of nitrogens with zero attached hydrogens (tertiary/aromatic N) is 3. The number of nitrogens with one attached hydrogen (secondary N) is 1. The van der Waals surface area contributed by atoms with Crippen LogP contribution in [-0.4, -0.2) is 46.2 Å². The Labute approximate surface area is 134 Å². The summed E-state index contributed by atoms with van der Waals surface area (Å²) >= 11 is 3.66. The maximum absolute atomic E-state index is 4.88.